The molecule has 0 aromatic carbocycles. The van der Waals surface area contributed by atoms with Gasteiger partial charge in [0.2, 0.25) is 5.91 Å². The summed E-state index contributed by atoms with van der Waals surface area (Å²) >= 11 is 0. The molecule has 0 atom stereocenters. The van der Waals surface area contributed by atoms with Crippen molar-refractivity contribution in [3.8, 4) is 0 Å². The Morgan fingerprint density at radius 1 is 1.27 bits per heavy atom. The van der Waals surface area contributed by atoms with Crippen LogP contribution in [0.5, 0.6) is 0 Å². The first-order valence-electron chi connectivity index (χ1n) is 6.20. The largest absolute Gasteiger partial charge is 0.396 e. The molecule has 3 nitrogen and oxygen atoms in total. The van der Waals surface area contributed by atoms with E-state index in [-0.39, 0.29) is 12.5 Å². The summed E-state index contributed by atoms with van der Waals surface area (Å²) in [5, 5.41) is 11.4. The van der Waals surface area contributed by atoms with Crippen molar-refractivity contribution in [2.75, 3.05) is 13.2 Å². The molecule has 0 aromatic rings. The van der Waals surface area contributed by atoms with Gasteiger partial charge >= 0.3 is 0 Å². The summed E-state index contributed by atoms with van der Waals surface area (Å²) in [7, 11) is 0. The van der Waals surface area contributed by atoms with Crippen LogP contribution in [0.4, 0.5) is 0 Å². The fourth-order valence-corrected chi connectivity index (χ4v) is 2.25. The van der Waals surface area contributed by atoms with E-state index >= 15 is 0 Å². The van der Waals surface area contributed by atoms with Crippen molar-refractivity contribution in [1.29, 1.82) is 0 Å². The molecule has 0 heterocycles. The average molecular weight is 213 g/mol. The second-order valence-corrected chi connectivity index (χ2v) is 4.47. The summed E-state index contributed by atoms with van der Waals surface area (Å²) in [6.07, 6.45) is 8.97. The van der Waals surface area contributed by atoms with Gasteiger partial charge in [0.1, 0.15) is 0 Å². The molecule has 2 N–H and O–H groups in total. The minimum Gasteiger partial charge on any atom is -0.396 e. The predicted octanol–water partition coefficient (Wildman–Crippen LogP) is 1.85. The summed E-state index contributed by atoms with van der Waals surface area (Å²) in [5.41, 5.74) is 0. The number of aliphatic hydroxyl groups excluding tert-OH is 1. The minimum absolute atomic E-state index is 0.0791. The maximum atomic E-state index is 11.2. The molecule has 1 rings (SSSR count). The SMILES string of the molecule is O=C(CCCO)NCCCC1CCCC1. The average Bonchev–Trinajstić information content (AvgIpc) is 2.74. The molecular weight excluding hydrogens is 190 g/mol. The zero-order valence-electron chi connectivity index (χ0n) is 9.50. The highest BCUT2D eigenvalue weighted by Crippen LogP contribution is 2.28. The van der Waals surface area contributed by atoms with E-state index < -0.39 is 0 Å². The summed E-state index contributed by atoms with van der Waals surface area (Å²) in [5.74, 6) is 0.995. The van der Waals surface area contributed by atoms with Crippen molar-refractivity contribution in [3.63, 3.8) is 0 Å². The molecule has 1 aliphatic rings. The third kappa shape index (κ3) is 5.78. The van der Waals surface area contributed by atoms with Gasteiger partial charge in [0.05, 0.1) is 0 Å². The van der Waals surface area contributed by atoms with Crippen LogP contribution >= 0.6 is 0 Å². The smallest absolute Gasteiger partial charge is 0.220 e. The van der Waals surface area contributed by atoms with Crippen molar-refractivity contribution in [3.05, 3.63) is 0 Å². The third-order valence-electron chi connectivity index (χ3n) is 3.15. The molecule has 88 valence electrons. The number of rotatable bonds is 7. The number of nitrogens with one attached hydrogen (secondary N) is 1. The molecule has 0 bridgehead atoms. The Labute approximate surface area is 92.3 Å². The molecule has 1 aliphatic carbocycles. The number of hydrogen-bond donors (Lipinski definition) is 2. The summed E-state index contributed by atoms with van der Waals surface area (Å²) in [6, 6.07) is 0. The standard InChI is InChI=1S/C12H23NO2/c14-10-4-8-12(15)13-9-3-7-11-5-1-2-6-11/h11,14H,1-10H2,(H,13,15). The Bertz CT molecular complexity index is 176. The quantitative estimate of drug-likeness (QED) is 0.634. The highest BCUT2D eigenvalue weighted by atomic mass is 16.3. The Balaban J connectivity index is 1.89. The highest BCUT2D eigenvalue weighted by molar-refractivity contribution is 5.75. The van der Waals surface area contributed by atoms with Crippen LogP contribution in [0.3, 0.4) is 0 Å². The molecule has 15 heavy (non-hydrogen) atoms. The monoisotopic (exact) mass is 213 g/mol. The van der Waals surface area contributed by atoms with Gasteiger partial charge in [-0.15, -0.1) is 0 Å². The zero-order chi connectivity index (χ0) is 10.9. The lowest BCUT2D eigenvalue weighted by molar-refractivity contribution is -0.121. The Morgan fingerprint density at radius 2 is 2.00 bits per heavy atom. The van der Waals surface area contributed by atoms with Crippen LogP contribution in [0.1, 0.15) is 51.4 Å². The first-order chi connectivity index (χ1) is 7.33. The van der Waals surface area contributed by atoms with Crippen molar-refractivity contribution in [2.24, 2.45) is 5.92 Å². The molecule has 3 heteroatoms. The van der Waals surface area contributed by atoms with Crippen LogP contribution < -0.4 is 5.32 Å². The topological polar surface area (TPSA) is 49.3 Å². The second kappa shape index (κ2) is 7.69. The van der Waals surface area contributed by atoms with E-state index in [2.05, 4.69) is 5.32 Å². The van der Waals surface area contributed by atoms with Crippen LogP contribution in [-0.2, 0) is 4.79 Å². The number of aliphatic hydroxyl groups is 1. The molecule has 0 aliphatic heterocycles. The van der Waals surface area contributed by atoms with Gasteiger partial charge in [0.25, 0.3) is 0 Å². The third-order valence-corrected chi connectivity index (χ3v) is 3.15. The van der Waals surface area contributed by atoms with E-state index in [0.717, 1.165) is 18.9 Å². The summed E-state index contributed by atoms with van der Waals surface area (Å²) in [4.78, 5) is 11.2. The first kappa shape index (κ1) is 12.5. The molecule has 1 saturated carbocycles. The van der Waals surface area contributed by atoms with Gasteiger partial charge in [-0.1, -0.05) is 25.7 Å². The van der Waals surface area contributed by atoms with Gasteiger partial charge in [0.15, 0.2) is 0 Å². The number of carbonyl (C=O) groups excluding carboxylic acids is 1. The van der Waals surface area contributed by atoms with Gasteiger partial charge in [-0.2, -0.15) is 0 Å². The van der Waals surface area contributed by atoms with Crippen molar-refractivity contribution >= 4 is 5.91 Å². The van der Waals surface area contributed by atoms with Crippen LogP contribution in [0, 0.1) is 5.92 Å². The number of amides is 1. The second-order valence-electron chi connectivity index (χ2n) is 4.47. The summed E-state index contributed by atoms with van der Waals surface area (Å²) < 4.78 is 0. The molecule has 0 saturated heterocycles. The van der Waals surface area contributed by atoms with Gasteiger partial charge in [-0.25, -0.2) is 0 Å². The van der Waals surface area contributed by atoms with Gasteiger partial charge < -0.3 is 10.4 Å². The molecule has 1 amide bonds. The lowest BCUT2D eigenvalue weighted by Crippen LogP contribution is -2.24. The molecule has 0 spiro atoms. The van der Waals surface area contributed by atoms with Crippen molar-refractivity contribution in [1.82, 2.24) is 5.32 Å². The van der Waals surface area contributed by atoms with E-state index in [1.54, 1.807) is 0 Å². The van der Waals surface area contributed by atoms with Crippen LogP contribution in [0.15, 0.2) is 0 Å². The number of carbonyl (C=O) groups is 1. The maximum absolute atomic E-state index is 11.2. The lowest BCUT2D eigenvalue weighted by atomic mass is 10.0. The Morgan fingerprint density at radius 3 is 2.67 bits per heavy atom. The lowest BCUT2D eigenvalue weighted by Gasteiger charge is -2.09. The van der Waals surface area contributed by atoms with Crippen molar-refractivity contribution in [2.45, 2.75) is 51.4 Å². The Hall–Kier alpha value is -0.570. The van der Waals surface area contributed by atoms with Crippen LogP contribution in [-0.4, -0.2) is 24.2 Å². The zero-order valence-corrected chi connectivity index (χ0v) is 9.50. The molecule has 0 radical (unpaired) electrons. The predicted molar refractivity (Wildman–Crippen MR) is 60.5 cm³/mol. The van der Waals surface area contributed by atoms with Gasteiger partial charge in [0, 0.05) is 19.6 Å². The molecule has 0 unspecified atom stereocenters. The van der Waals surface area contributed by atoms with Crippen LogP contribution in [0.2, 0.25) is 0 Å². The van der Waals surface area contributed by atoms with Crippen LogP contribution in [0.25, 0.3) is 0 Å². The maximum Gasteiger partial charge on any atom is 0.220 e. The fraction of sp³-hybridized carbons (Fsp3) is 0.917. The van der Waals surface area contributed by atoms with E-state index in [1.807, 2.05) is 0 Å². The normalized spacial score (nSPS) is 16.9. The first-order valence-corrected chi connectivity index (χ1v) is 6.20. The molecule has 0 aromatic heterocycles. The summed E-state index contributed by atoms with van der Waals surface area (Å²) in [6.45, 7) is 0.913. The highest BCUT2D eigenvalue weighted by Gasteiger charge is 2.13. The van der Waals surface area contributed by atoms with Crippen molar-refractivity contribution < 1.29 is 9.90 Å². The molecular formula is C12H23NO2. The van der Waals surface area contributed by atoms with Gasteiger partial charge in [-0.05, 0) is 25.2 Å². The minimum atomic E-state index is 0.0791. The van der Waals surface area contributed by atoms with E-state index in [4.69, 9.17) is 5.11 Å². The Kier molecular flexibility index (Phi) is 6.41. The fourth-order valence-electron chi connectivity index (χ4n) is 2.25. The van der Waals surface area contributed by atoms with E-state index in [9.17, 15) is 4.79 Å². The van der Waals surface area contributed by atoms with E-state index in [1.165, 1.54) is 32.1 Å². The number of hydrogen-bond acceptors (Lipinski definition) is 2. The van der Waals surface area contributed by atoms with Gasteiger partial charge in [-0.3, -0.25) is 4.79 Å². The molecule has 1 fully saturated rings. The van der Waals surface area contributed by atoms with E-state index in [0.29, 0.717) is 12.8 Å².